The Labute approximate surface area is 153 Å². The van der Waals surface area contributed by atoms with Crippen LogP contribution in [0, 0.1) is 0 Å². The van der Waals surface area contributed by atoms with Crippen LogP contribution in [0.3, 0.4) is 0 Å². The summed E-state index contributed by atoms with van der Waals surface area (Å²) < 4.78 is 33.7. The van der Waals surface area contributed by atoms with Crippen LogP contribution in [0.2, 0.25) is 0 Å². The van der Waals surface area contributed by atoms with Crippen molar-refractivity contribution in [2.24, 2.45) is 0 Å². The van der Waals surface area contributed by atoms with Gasteiger partial charge in [-0.15, -0.1) is 0 Å². The molecule has 1 unspecified atom stereocenters. The quantitative estimate of drug-likeness (QED) is 0.682. The second-order valence-corrected chi connectivity index (χ2v) is 7.17. The highest BCUT2D eigenvalue weighted by atomic mass is 19.2. The zero-order valence-corrected chi connectivity index (χ0v) is 15.8. The molecule has 4 nitrogen and oxygen atoms in total. The minimum Gasteiger partial charge on any atom is -0.454 e. The highest BCUT2D eigenvalue weighted by Crippen LogP contribution is 2.41. The summed E-state index contributed by atoms with van der Waals surface area (Å²) in [5.74, 6) is 3.64. The van der Waals surface area contributed by atoms with Crippen molar-refractivity contribution in [3.63, 3.8) is 0 Å². The minimum atomic E-state index is -2.02. The lowest BCUT2D eigenvalue weighted by Crippen LogP contribution is -2.27. The van der Waals surface area contributed by atoms with E-state index in [9.17, 15) is 4.39 Å². The van der Waals surface area contributed by atoms with Crippen molar-refractivity contribution in [2.75, 3.05) is 6.79 Å². The lowest BCUT2D eigenvalue weighted by Gasteiger charge is -2.10. The number of halogens is 1. The second kappa shape index (κ2) is 7.06. The summed E-state index contributed by atoms with van der Waals surface area (Å²) in [4.78, 5) is 0. The summed E-state index contributed by atoms with van der Waals surface area (Å²) >= 11 is 0. The molecule has 5 heteroatoms. The first kappa shape index (κ1) is 18.4. The van der Waals surface area contributed by atoms with Crippen LogP contribution in [0.25, 0.3) is 0 Å². The molecule has 0 amide bonds. The van der Waals surface area contributed by atoms with Crippen LogP contribution >= 0.6 is 0 Å². The Morgan fingerprint density at radius 1 is 0.769 bits per heavy atom. The van der Waals surface area contributed by atoms with Gasteiger partial charge >= 0.3 is 6.04 Å². The van der Waals surface area contributed by atoms with Crippen molar-refractivity contribution < 1.29 is 23.3 Å². The van der Waals surface area contributed by atoms with E-state index in [-0.39, 0.29) is 0 Å². The Hall–Kier alpha value is -2.43. The summed E-state index contributed by atoms with van der Waals surface area (Å²) in [7, 11) is 0. The van der Waals surface area contributed by atoms with Gasteiger partial charge in [0.05, 0.1) is 0 Å². The Morgan fingerprint density at radius 3 is 1.88 bits per heavy atom. The van der Waals surface area contributed by atoms with E-state index in [4.69, 9.17) is 18.9 Å². The highest BCUT2D eigenvalue weighted by Gasteiger charge is 2.36. The van der Waals surface area contributed by atoms with E-state index in [0.717, 1.165) is 17.1 Å². The molecule has 140 valence electrons. The molecule has 26 heavy (non-hydrogen) atoms. The van der Waals surface area contributed by atoms with E-state index in [2.05, 4.69) is 33.8 Å². The van der Waals surface area contributed by atoms with Crippen molar-refractivity contribution in [1.82, 2.24) is 0 Å². The molecule has 2 aromatic rings. The molecule has 2 heterocycles. The molecule has 0 aliphatic carbocycles. The van der Waals surface area contributed by atoms with Crippen LogP contribution < -0.4 is 18.9 Å². The Morgan fingerprint density at radius 2 is 1.27 bits per heavy atom. The SMILES string of the molecule is CC(C)c1ccc2c(c1)OC(C)(F)O2.CC(C)c1ccc2c(c1)OCO2. The number of benzene rings is 2. The van der Waals surface area contributed by atoms with Gasteiger partial charge in [-0.1, -0.05) is 39.8 Å². The topological polar surface area (TPSA) is 36.9 Å². The monoisotopic (exact) mass is 360 g/mol. The van der Waals surface area contributed by atoms with Crippen molar-refractivity contribution in [3.05, 3.63) is 47.5 Å². The minimum absolute atomic E-state index is 0.358. The zero-order chi connectivity index (χ0) is 18.9. The smallest absolute Gasteiger partial charge is 0.404 e. The van der Waals surface area contributed by atoms with E-state index >= 15 is 0 Å². The predicted octanol–water partition coefficient (Wildman–Crippen LogP) is 5.76. The molecule has 4 rings (SSSR count). The lowest BCUT2D eigenvalue weighted by atomic mass is 10.0. The summed E-state index contributed by atoms with van der Waals surface area (Å²) in [5, 5.41) is 0. The normalized spacial score (nSPS) is 19.5. The Kier molecular flexibility index (Phi) is 4.99. The fourth-order valence-corrected chi connectivity index (χ4v) is 2.73. The first-order valence-electron chi connectivity index (χ1n) is 8.85. The van der Waals surface area contributed by atoms with E-state index in [1.165, 1.54) is 12.5 Å². The first-order chi connectivity index (χ1) is 12.2. The van der Waals surface area contributed by atoms with Gasteiger partial charge in [-0.2, -0.15) is 4.39 Å². The van der Waals surface area contributed by atoms with E-state index in [0.29, 0.717) is 30.1 Å². The molecule has 0 radical (unpaired) electrons. The molecule has 0 fully saturated rings. The van der Waals surface area contributed by atoms with E-state index < -0.39 is 6.04 Å². The fraction of sp³-hybridized carbons (Fsp3) is 0.429. The highest BCUT2D eigenvalue weighted by molar-refractivity contribution is 5.46. The molecule has 0 saturated heterocycles. The van der Waals surface area contributed by atoms with Crippen LogP contribution in [0.15, 0.2) is 36.4 Å². The summed E-state index contributed by atoms with van der Waals surface area (Å²) in [5.41, 5.74) is 2.41. The third-order valence-corrected chi connectivity index (χ3v) is 4.28. The van der Waals surface area contributed by atoms with Crippen LogP contribution in [-0.2, 0) is 0 Å². The standard InChI is InChI=1S/C11H13FO2.C10H12O2/c1-7(2)8-4-5-9-10(6-8)14-11(3,12)13-9;1-7(2)8-3-4-9-10(5-8)12-6-11-9/h4-7H,1-3H3;3-5,7H,6H2,1-2H3. The number of fused-ring (bicyclic) bond motifs is 2. The third-order valence-electron chi connectivity index (χ3n) is 4.28. The number of rotatable bonds is 2. The Bertz CT molecular complexity index is 784. The maximum Gasteiger partial charge on any atom is 0.404 e. The molecule has 1 atom stereocenters. The Balaban J connectivity index is 0.000000152. The molecule has 0 aromatic heterocycles. The average Bonchev–Trinajstić information content (AvgIpc) is 3.15. The van der Waals surface area contributed by atoms with Gasteiger partial charge in [-0.25, -0.2) is 0 Å². The molecule has 2 aliphatic heterocycles. The number of hydrogen-bond donors (Lipinski definition) is 0. The first-order valence-corrected chi connectivity index (χ1v) is 8.85. The largest absolute Gasteiger partial charge is 0.454 e. The molecule has 0 saturated carbocycles. The fourth-order valence-electron chi connectivity index (χ4n) is 2.73. The van der Waals surface area contributed by atoms with Crippen molar-refractivity contribution >= 4 is 0 Å². The number of ether oxygens (including phenoxy) is 4. The van der Waals surface area contributed by atoms with Gasteiger partial charge in [0.25, 0.3) is 0 Å². The van der Waals surface area contributed by atoms with Gasteiger partial charge in [0.2, 0.25) is 6.79 Å². The maximum absolute atomic E-state index is 13.3. The molecule has 0 N–H and O–H groups in total. The van der Waals surface area contributed by atoms with Gasteiger partial charge in [0, 0.05) is 6.92 Å². The van der Waals surface area contributed by atoms with Crippen molar-refractivity contribution in [3.8, 4) is 23.0 Å². The third kappa shape index (κ3) is 4.03. The number of alkyl halides is 1. The van der Waals surface area contributed by atoms with Crippen LogP contribution in [0.1, 0.15) is 57.6 Å². The average molecular weight is 360 g/mol. The summed E-state index contributed by atoms with van der Waals surface area (Å²) in [6.07, 6.45) is 0. The zero-order valence-electron chi connectivity index (χ0n) is 15.8. The molecular formula is C21H25FO4. The van der Waals surface area contributed by atoms with Gasteiger partial charge in [0.1, 0.15) is 0 Å². The molecule has 2 aromatic carbocycles. The van der Waals surface area contributed by atoms with Crippen molar-refractivity contribution in [1.29, 1.82) is 0 Å². The van der Waals surface area contributed by atoms with Gasteiger partial charge in [0.15, 0.2) is 23.0 Å². The van der Waals surface area contributed by atoms with E-state index in [1.54, 1.807) is 6.07 Å². The van der Waals surface area contributed by atoms with Gasteiger partial charge in [-0.05, 0) is 47.2 Å². The van der Waals surface area contributed by atoms with Crippen LogP contribution in [0.5, 0.6) is 23.0 Å². The molecule has 2 aliphatic rings. The molecule has 0 bridgehead atoms. The lowest BCUT2D eigenvalue weighted by molar-refractivity contribution is -0.173. The predicted molar refractivity (Wildman–Crippen MR) is 98.0 cm³/mol. The maximum atomic E-state index is 13.3. The second-order valence-electron chi connectivity index (χ2n) is 7.17. The molecular weight excluding hydrogens is 335 g/mol. The van der Waals surface area contributed by atoms with Crippen molar-refractivity contribution in [2.45, 2.75) is 52.5 Å². The van der Waals surface area contributed by atoms with Crippen LogP contribution in [-0.4, -0.2) is 12.8 Å². The summed E-state index contributed by atoms with van der Waals surface area (Å²) in [6, 6.07) is 9.58. The van der Waals surface area contributed by atoms with Gasteiger partial charge < -0.3 is 18.9 Å². The molecule has 0 spiro atoms. The van der Waals surface area contributed by atoms with Gasteiger partial charge in [-0.3, -0.25) is 0 Å². The summed E-state index contributed by atoms with van der Waals surface area (Å²) in [6.45, 7) is 10.1. The number of hydrogen-bond acceptors (Lipinski definition) is 4. The van der Waals surface area contributed by atoms with Crippen LogP contribution in [0.4, 0.5) is 4.39 Å². The van der Waals surface area contributed by atoms with E-state index in [1.807, 2.05) is 24.3 Å².